The first-order valence-electron chi connectivity index (χ1n) is 9.31. The average molecular weight is 368 g/mol. The standard InChI is InChI=1S/C21H28N4O2/c1-5-14-25(15-6-2)21(27)19-9-7-8-18(23-19)20(26)22-16-10-12-17(13-11-16)24(3)4/h7-13H,5-6,14-15H2,1-4H3,(H,22,26). The molecule has 0 fully saturated rings. The lowest BCUT2D eigenvalue weighted by Crippen LogP contribution is -2.33. The Kier molecular flexibility index (Phi) is 7.34. The van der Waals surface area contributed by atoms with Gasteiger partial charge in [0.15, 0.2) is 0 Å². The van der Waals surface area contributed by atoms with Crippen molar-refractivity contribution in [3.63, 3.8) is 0 Å². The van der Waals surface area contributed by atoms with Gasteiger partial charge in [0.1, 0.15) is 11.4 Å². The van der Waals surface area contributed by atoms with E-state index in [1.165, 1.54) is 0 Å². The van der Waals surface area contributed by atoms with Crippen LogP contribution >= 0.6 is 0 Å². The summed E-state index contributed by atoms with van der Waals surface area (Å²) in [4.78, 5) is 33.3. The number of amides is 2. The number of carbonyl (C=O) groups is 2. The highest BCUT2D eigenvalue weighted by atomic mass is 16.2. The molecule has 0 aliphatic carbocycles. The predicted octanol–water partition coefficient (Wildman–Crippen LogP) is 3.66. The summed E-state index contributed by atoms with van der Waals surface area (Å²) in [6.07, 6.45) is 1.77. The summed E-state index contributed by atoms with van der Waals surface area (Å²) >= 11 is 0. The Morgan fingerprint density at radius 3 is 2.07 bits per heavy atom. The molecule has 2 rings (SSSR count). The first-order chi connectivity index (χ1) is 13.0. The van der Waals surface area contributed by atoms with Gasteiger partial charge in [-0.25, -0.2) is 4.98 Å². The maximum atomic E-state index is 12.7. The molecule has 0 spiro atoms. The molecule has 0 bridgehead atoms. The number of nitrogens with one attached hydrogen (secondary N) is 1. The molecule has 0 unspecified atom stereocenters. The Hall–Kier alpha value is -2.89. The quantitative estimate of drug-likeness (QED) is 0.772. The van der Waals surface area contributed by atoms with Gasteiger partial charge in [0, 0.05) is 38.6 Å². The number of nitrogens with zero attached hydrogens (tertiary/aromatic N) is 3. The second-order valence-electron chi connectivity index (χ2n) is 6.60. The van der Waals surface area contributed by atoms with E-state index >= 15 is 0 Å². The predicted molar refractivity (Wildman–Crippen MR) is 109 cm³/mol. The minimum atomic E-state index is -0.334. The molecule has 6 nitrogen and oxygen atoms in total. The first-order valence-corrected chi connectivity index (χ1v) is 9.31. The summed E-state index contributed by atoms with van der Waals surface area (Å²) < 4.78 is 0. The SMILES string of the molecule is CCCN(CCC)C(=O)c1cccc(C(=O)Nc2ccc(N(C)C)cc2)n1. The third-order valence-corrected chi connectivity index (χ3v) is 4.12. The van der Waals surface area contributed by atoms with Crippen LogP contribution in [0.5, 0.6) is 0 Å². The van der Waals surface area contributed by atoms with E-state index in [4.69, 9.17) is 0 Å². The number of rotatable bonds is 8. The van der Waals surface area contributed by atoms with Crippen LogP contribution in [-0.2, 0) is 0 Å². The maximum Gasteiger partial charge on any atom is 0.274 e. The highest BCUT2D eigenvalue weighted by Crippen LogP contribution is 2.16. The van der Waals surface area contributed by atoms with Crippen LogP contribution in [0, 0.1) is 0 Å². The molecule has 0 saturated carbocycles. The van der Waals surface area contributed by atoms with Crippen LogP contribution < -0.4 is 10.2 Å². The van der Waals surface area contributed by atoms with Crippen LogP contribution in [0.1, 0.15) is 47.7 Å². The van der Waals surface area contributed by atoms with Crippen molar-refractivity contribution in [1.29, 1.82) is 0 Å². The minimum absolute atomic E-state index is 0.135. The number of aromatic nitrogens is 1. The van der Waals surface area contributed by atoms with Crippen LogP contribution in [0.15, 0.2) is 42.5 Å². The highest BCUT2D eigenvalue weighted by Gasteiger charge is 2.17. The molecule has 0 aliphatic rings. The summed E-state index contributed by atoms with van der Waals surface area (Å²) in [5.74, 6) is -0.469. The van der Waals surface area contributed by atoms with E-state index in [1.54, 1.807) is 23.1 Å². The van der Waals surface area contributed by atoms with Crippen molar-refractivity contribution in [2.24, 2.45) is 0 Å². The second-order valence-corrected chi connectivity index (χ2v) is 6.60. The third-order valence-electron chi connectivity index (χ3n) is 4.12. The molecular weight excluding hydrogens is 340 g/mol. The van der Waals surface area contributed by atoms with Crippen molar-refractivity contribution in [1.82, 2.24) is 9.88 Å². The highest BCUT2D eigenvalue weighted by molar-refractivity contribution is 6.03. The van der Waals surface area contributed by atoms with Crippen LogP contribution in [0.4, 0.5) is 11.4 Å². The molecule has 1 aromatic heterocycles. The van der Waals surface area contributed by atoms with Crippen molar-refractivity contribution in [2.75, 3.05) is 37.4 Å². The van der Waals surface area contributed by atoms with Crippen molar-refractivity contribution >= 4 is 23.2 Å². The van der Waals surface area contributed by atoms with E-state index in [-0.39, 0.29) is 17.5 Å². The smallest absolute Gasteiger partial charge is 0.274 e. The van der Waals surface area contributed by atoms with Gasteiger partial charge in [0.05, 0.1) is 0 Å². The Bertz CT molecular complexity index is 766. The Balaban J connectivity index is 2.13. The van der Waals surface area contributed by atoms with E-state index in [9.17, 15) is 9.59 Å². The lowest BCUT2D eigenvalue weighted by Gasteiger charge is -2.21. The molecule has 6 heteroatoms. The molecule has 0 atom stereocenters. The fourth-order valence-corrected chi connectivity index (χ4v) is 2.74. The van der Waals surface area contributed by atoms with Crippen LogP contribution in [0.2, 0.25) is 0 Å². The summed E-state index contributed by atoms with van der Waals surface area (Å²) in [6, 6.07) is 12.5. The number of carbonyl (C=O) groups excluding carboxylic acids is 2. The zero-order valence-corrected chi connectivity index (χ0v) is 16.5. The molecule has 0 radical (unpaired) electrons. The van der Waals surface area contributed by atoms with E-state index in [0.717, 1.165) is 18.5 Å². The summed E-state index contributed by atoms with van der Waals surface area (Å²) in [5.41, 5.74) is 2.26. The van der Waals surface area contributed by atoms with E-state index < -0.39 is 0 Å². The average Bonchev–Trinajstić information content (AvgIpc) is 2.67. The number of hydrogen-bond acceptors (Lipinski definition) is 4. The van der Waals surface area contributed by atoms with Gasteiger partial charge in [0.25, 0.3) is 11.8 Å². The molecule has 0 aliphatic heterocycles. The largest absolute Gasteiger partial charge is 0.378 e. The lowest BCUT2D eigenvalue weighted by molar-refractivity contribution is 0.0749. The van der Waals surface area contributed by atoms with Crippen molar-refractivity contribution in [2.45, 2.75) is 26.7 Å². The fraction of sp³-hybridized carbons (Fsp3) is 0.381. The molecule has 1 aromatic carbocycles. The van der Waals surface area contributed by atoms with E-state index in [0.29, 0.717) is 24.5 Å². The topological polar surface area (TPSA) is 65.5 Å². The number of hydrogen-bond donors (Lipinski definition) is 1. The third kappa shape index (κ3) is 5.54. The van der Waals surface area contributed by atoms with Gasteiger partial charge in [-0.15, -0.1) is 0 Å². The van der Waals surface area contributed by atoms with Gasteiger partial charge < -0.3 is 15.1 Å². The Labute approximate surface area is 161 Å². The fourth-order valence-electron chi connectivity index (χ4n) is 2.74. The lowest BCUT2D eigenvalue weighted by atomic mass is 10.2. The molecule has 1 heterocycles. The molecule has 2 aromatic rings. The van der Waals surface area contributed by atoms with Crippen molar-refractivity contribution in [3.05, 3.63) is 53.9 Å². The summed E-state index contributed by atoms with van der Waals surface area (Å²) in [5, 5.41) is 2.83. The van der Waals surface area contributed by atoms with Gasteiger partial charge >= 0.3 is 0 Å². The summed E-state index contributed by atoms with van der Waals surface area (Å²) in [6.45, 7) is 5.44. The second kappa shape index (κ2) is 9.71. The number of benzene rings is 1. The van der Waals surface area contributed by atoms with Gasteiger partial charge in [0.2, 0.25) is 0 Å². The molecule has 27 heavy (non-hydrogen) atoms. The van der Waals surface area contributed by atoms with E-state index in [1.807, 2.05) is 57.1 Å². The normalized spacial score (nSPS) is 10.4. The van der Waals surface area contributed by atoms with Gasteiger partial charge in [-0.3, -0.25) is 9.59 Å². The number of pyridine rings is 1. The minimum Gasteiger partial charge on any atom is -0.378 e. The Morgan fingerprint density at radius 2 is 1.52 bits per heavy atom. The van der Waals surface area contributed by atoms with Crippen molar-refractivity contribution in [3.8, 4) is 0 Å². The Morgan fingerprint density at radius 1 is 0.926 bits per heavy atom. The monoisotopic (exact) mass is 368 g/mol. The summed E-state index contributed by atoms with van der Waals surface area (Å²) in [7, 11) is 3.92. The van der Waals surface area contributed by atoms with Gasteiger partial charge in [-0.05, 0) is 49.2 Å². The first kappa shape index (κ1) is 20.4. The molecule has 0 saturated heterocycles. The van der Waals surface area contributed by atoms with Crippen LogP contribution in [0.3, 0.4) is 0 Å². The zero-order valence-electron chi connectivity index (χ0n) is 16.5. The van der Waals surface area contributed by atoms with Crippen molar-refractivity contribution < 1.29 is 9.59 Å². The molecule has 144 valence electrons. The van der Waals surface area contributed by atoms with E-state index in [2.05, 4.69) is 10.3 Å². The number of anilines is 2. The van der Waals surface area contributed by atoms with Crippen LogP contribution in [0.25, 0.3) is 0 Å². The van der Waals surface area contributed by atoms with Gasteiger partial charge in [-0.1, -0.05) is 19.9 Å². The molecule has 2 amide bonds. The van der Waals surface area contributed by atoms with Gasteiger partial charge in [-0.2, -0.15) is 0 Å². The zero-order chi connectivity index (χ0) is 19.8. The molecular formula is C21H28N4O2. The maximum absolute atomic E-state index is 12.7. The molecule has 1 N–H and O–H groups in total. The van der Waals surface area contributed by atoms with Crippen LogP contribution in [-0.4, -0.2) is 48.9 Å².